The molecular formula is C12H10BrN3O2. The summed E-state index contributed by atoms with van der Waals surface area (Å²) in [6.45, 7) is 2.86. The molecule has 1 aliphatic rings. The summed E-state index contributed by atoms with van der Waals surface area (Å²) in [5, 5.41) is 17.4. The van der Waals surface area contributed by atoms with Crippen LogP contribution in [-0.4, -0.2) is 26.3 Å². The van der Waals surface area contributed by atoms with Gasteiger partial charge in [0.05, 0.1) is 17.7 Å². The lowest BCUT2D eigenvalue weighted by Gasteiger charge is -2.26. The van der Waals surface area contributed by atoms with Crippen LogP contribution in [0, 0.1) is 22.7 Å². The van der Waals surface area contributed by atoms with Crippen molar-refractivity contribution in [2.24, 2.45) is 0 Å². The Morgan fingerprint density at radius 1 is 1.33 bits per heavy atom. The number of hydrogen-bond donors (Lipinski definition) is 0. The third-order valence-electron chi connectivity index (χ3n) is 2.51. The first kappa shape index (κ1) is 12.7. The van der Waals surface area contributed by atoms with Crippen molar-refractivity contribution in [1.29, 1.82) is 10.5 Å². The average Bonchev–Trinajstić information content (AvgIpc) is 2.78. The van der Waals surface area contributed by atoms with Gasteiger partial charge in [0.15, 0.2) is 0 Å². The van der Waals surface area contributed by atoms with Gasteiger partial charge in [0.25, 0.3) is 0 Å². The van der Waals surface area contributed by atoms with Crippen molar-refractivity contribution in [3.63, 3.8) is 0 Å². The van der Waals surface area contributed by atoms with Crippen LogP contribution >= 0.6 is 15.9 Å². The third kappa shape index (κ3) is 2.73. The summed E-state index contributed by atoms with van der Waals surface area (Å²) in [7, 11) is 0. The van der Waals surface area contributed by atoms with Crippen LogP contribution < -0.4 is 4.90 Å². The van der Waals surface area contributed by atoms with E-state index < -0.39 is 0 Å². The lowest BCUT2D eigenvalue weighted by atomic mass is 10.3. The molecule has 0 unspecified atom stereocenters. The second-order valence-electron chi connectivity index (χ2n) is 3.68. The molecule has 5 nitrogen and oxygen atoms in total. The Balaban J connectivity index is 2.25. The Morgan fingerprint density at radius 2 is 2.00 bits per heavy atom. The maximum Gasteiger partial charge on any atom is 0.210 e. The molecular weight excluding hydrogens is 298 g/mol. The van der Waals surface area contributed by atoms with Gasteiger partial charge in [-0.3, -0.25) is 0 Å². The van der Waals surface area contributed by atoms with Gasteiger partial charge in [0.2, 0.25) is 5.88 Å². The van der Waals surface area contributed by atoms with Crippen LogP contribution in [0.1, 0.15) is 5.76 Å². The zero-order valence-corrected chi connectivity index (χ0v) is 11.1. The molecule has 0 aliphatic carbocycles. The van der Waals surface area contributed by atoms with Crippen molar-refractivity contribution in [2.45, 2.75) is 0 Å². The Labute approximate surface area is 113 Å². The van der Waals surface area contributed by atoms with E-state index in [0.29, 0.717) is 24.9 Å². The molecule has 18 heavy (non-hydrogen) atoms. The first-order chi connectivity index (χ1) is 8.74. The number of nitrogens with zero attached hydrogens (tertiary/aromatic N) is 3. The normalized spacial score (nSPS) is 14.7. The highest BCUT2D eigenvalue weighted by molar-refractivity contribution is 9.10. The van der Waals surface area contributed by atoms with Crippen molar-refractivity contribution < 1.29 is 9.15 Å². The fraction of sp³-hybridized carbons (Fsp3) is 0.333. The van der Waals surface area contributed by atoms with Gasteiger partial charge >= 0.3 is 0 Å². The molecule has 0 atom stereocenters. The van der Waals surface area contributed by atoms with E-state index in [1.807, 2.05) is 0 Å². The van der Waals surface area contributed by atoms with Crippen LogP contribution in [0.3, 0.4) is 0 Å². The predicted octanol–water partition coefficient (Wildman–Crippen LogP) is 2.31. The number of ether oxygens (including phenoxy) is 1. The van der Waals surface area contributed by atoms with Crippen molar-refractivity contribution >= 4 is 27.9 Å². The average molecular weight is 308 g/mol. The van der Waals surface area contributed by atoms with Crippen LogP contribution in [-0.2, 0) is 4.74 Å². The molecule has 1 aliphatic heterocycles. The Morgan fingerprint density at radius 3 is 2.61 bits per heavy atom. The molecule has 6 heteroatoms. The van der Waals surface area contributed by atoms with Crippen molar-refractivity contribution in [3.8, 4) is 12.1 Å². The summed E-state index contributed by atoms with van der Waals surface area (Å²) < 4.78 is 11.7. The minimum atomic E-state index is 0.0183. The van der Waals surface area contributed by atoms with E-state index >= 15 is 0 Å². The number of halogens is 1. The van der Waals surface area contributed by atoms with Crippen LogP contribution in [0.15, 0.2) is 20.5 Å². The first-order valence-corrected chi connectivity index (χ1v) is 6.18. The topological polar surface area (TPSA) is 73.2 Å². The SMILES string of the molecule is N#CC(C#N)=Cc1cc(Br)c(N2CCOCC2)o1. The molecule has 1 aromatic rings. The summed E-state index contributed by atoms with van der Waals surface area (Å²) in [4.78, 5) is 2.06. The summed E-state index contributed by atoms with van der Waals surface area (Å²) in [5.41, 5.74) is 0.0183. The molecule has 0 spiro atoms. The van der Waals surface area contributed by atoms with E-state index in [4.69, 9.17) is 19.7 Å². The van der Waals surface area contributed by atoms with E-state index in [9.17, 15) is 0 Å². The molecule has 0 aromatic carbocycles. The van der Waals surface area contributed by atoms with Crippen LogP contribution in [0.5, 0.6) is 0 Å². The lowest BCUT2D eigenvalue weighted by molar-refractivity contribution is 0.120. The van der Waals surface area contributed by atoms with Gasteiger partial charge < -0.3 is 14.1 Å². The van der Waals surface area contributed by atoms with Crippen LogP contribution in [0.25, 0.3) is 6.08 Å². The summed E-state index contributed by atoms with van der Waals surface area (Å²) in [5.74, 6) is 1.20. The standard InChI is InChI=1S/C12H10BrN3O2/c13-11-6-10(5-9(7-14)8-15)18-12(11)16-1-3-17-4-2-16/h5-6H,1-4H2. The van der Waals surface area contributed by atoms with E-state index in [-0.39, 0.29) is 5.57 Å². The zero-order chi connectivity index (χ0) is 13.0. The largest absolute Gasteiger partial charge is 0.440 e. The fourth-order valence-corrected chi connectivity index (χ4v) is 2.22. The van der Waals surface area contributed by atoms with Gasteiger partial charge in [-0.2, -0.15) is 10.5 Å². The van der Waals surface area contributed by atoms with Gasteiger partial charge in [-0.05, 0) is 15.9 Å². The predicted molar refractivity (Wildman–Crippen MR) is 68.6 cm³/mol. The zero-order valence-electron chi connectivity index (χ0n) is 9.52. The van der Waals surface area contributed by atoms with E-state index in [1.54, 1.807) is 18.2 Å². The van der Waals surface area contributed by atoms with E-state index in [2.05, 4.69) is 20.8 Å². The molecule has 2 rings (SSSR count). The summed E-state index contributed by atoms with van der Waals surface area (Å²) in [6, 6.07) is 5.35. The maximum absolute atomic E-state index is 8.69. The van der Waals surface area contributed by atoms with Crippen molar-refractivity contribution in [2.75, 3.05) is 31.2 Å². The molecule has 1 fully saturated rings. The number of furan rings is 1. The quantitative estimate of drug-likeness (QED) is 0.784. The molecule has 0 radical (unpaired) electrons. The lowest BCUT2D eigenvalue weighted by Crippen LogP contribution is -2.36. The maximum atomic E-state index is 8.69. The second kappa shape index (κ2) is 5.72. The van der Waals surface area contributed by atoms with Crippen LogP contribution in [0.4, 0.5) is 5.88 Å². The van der Waals surface area contributed by atoms with Gasteiger partial charge in [0, 0.05) is 25.2 Å². The summed E-state index contributed by atoms with van der Waals surface area (Å²) >= 11 is 3.42. The molecule has 0 N–H and O–H groups in total. The smallest absolute Gasteiger partial charge is 0.210 e. The second-order valence-corrected chi connectivity index (χ2v) is 4.54. The highest BCUT2D eigenvalue weighted by atomic mass is 79.9. The minimum absolute atomic E-state index is 0.0183. The third-order valence-corrected chi connectivity index (χ3v) is 3.08. The van der Waals surface area contributed by atoms with E-state index in [0.717, 1.165) is 17.6 Å². The number of nitriles is 2. The molecule has 2 heterocycles. The summed E-state index contributed by atoms with van der Waals surface area (Å²) in [6.07, 6.45) is 1.43. The number of rotatable bonds is 2. The molecule has 0 amide bonds. The molecule has 0 bridgehead atoms. The van der Waals surface area contributed by atoms with Gasteiger partial charge in [-0.15, -0.1) is 0 Å². The van der Waals surface area contributed by atoms with Crippen molar-refractivity contribution in [1.82, 2.24) is 0 Å². The highest BCUT2D eigenvalue weighted by Gasteiger charge is 2.18. The Bertz CT molecular complexity index is 529. The van der Waals surface area contributed by atoms with Gasteiger partial charge in [0.1, 0.15) is 23.5 Å². The van der Waals surface area contributed by atoms with Gasteiger partial charge in [-0.25, -0.2) is 0 Å². The fourth-order valence-electron chi connectivity index (χ4n) is 1.66. The number of morpholine rings is 1. The monoisotopic (exact) mass is 307 g/mol. The molecule has 1 saturated heterocycles. The molecule has 1 aromatic heterocycles. The van der Waals surface area contributed by atoms with E-state index in [1.165, 1.54) is 6.08 Å². The molecule has 0 saturated carbocycles. The first-order valence-electron chi connectivity index (χ1n) is 5.38. The van der Waals surface area contributed by atoms with Crippen LogP contribution in [0.2, 0.25) is 0 Å². The number of allylic oxidation sites excluding steroid dienone is 1. The molecule has 92 valence electrons. The number of hydrogen-bond acceptors (Lipinski definition) is 5. The van der Waals surface area contributed by atoms with Crippen molar-refractivity contribution in [3.05, 3.63) is 21.9 Å². The number of anilines is 1. The van der Waals surface area contributed by atoms with Gasteiger partial charge in [-0.1, -0.05) is 0 Å². The Kier molecular flexibility index (Phi) is 4.03. The Hall–Kier alpha value is -1.76. The minimum Gasteiger partial charge on any atom is -0.440 e. The highest BCUT2D eigenvalue weighted by Crippen LogP contribution is 2.31.